The van der Waals surface area contributed by atoms with Crippen LogP contribution in [0.3, 0.4) is 0 Å². The molecule has 0 aliphatic heterocycles. The van der Waals surface area contributed by atoms with Crippen molar-refractivity contribution in [3.63, 3.8) is 0 Å². The van der Waals surface area contributed by atoms with E-state index in [9.17, 15) is 0 Å². The Morgan fingerprint density at radius 2 is 2.12 bits per heavy atom. The van der Waals surface area contributed by atoms with Crippen LogP contribution in [-0.2, 0) is 0 Å². The van der Waals surface area contributed by atoms with Crippen molar-refractivity contribution < 1.29 is 0 Å². The normalized spacial score (nSPS) is 15.2. The molecule has 2 unspecified atom stereocenters. The van der Waals surface area contributed by atoms with Gasteiger partial charge in [-0.2, -0.15) is 0 Å². The van der Waals surface area contributed by atoms with Gasteiger partial charge < -0.3 is 16.5 Å². The minimum Gasteiger partial charge on any atom is -0.345 e. The molecule has 0 saturated heterocycles. The monoisotopic (exact) mass is 218 g/mol. The number of nitrogens with zero attached hydrogens (tertiary/aromatic N) is 1. The maximum absolute atomic E-state index is 6.11. The van der Waals surface area contributed by atoms with Crippen molar-refractivity contribution in [2.24, 2.45) is 11.5 Å². The lowest BCUT2D eigenvalue weighted by atomic mass is 10.0. The average molecular weight is 218 g/mol. The molecule has 16 heavy (non-hydrogen) atoms. The van der Waals surface area contributed by atoms with Crippen molar-refractivity contribution in [3.05, 3.63) is 30.1 Å². The lowest BCUT2D eigenvalue weighted by molar-refractivity contribution is 0.555. The molecular weight excluding hydrogens is 200 g/mol. The molecule has 0 saturated carbocycles. The molecule has 86 valence electrons. The van der Waals surface area contributed by atoms with Crippen LogP contribution in [0.25, 0.3) is 11.0 Å². The summed E-state index contributed by atoms with van der Waals surface area (Å²) in [6.45, 7) is 2.00. The molecule has 1 aromatic carbocycles. The molecule has 1 heterocycles. The van der Waals surface area contributed by atoms with Gasteiger partial charge in [-0.3, -0.25) is 0 Å². The maximum Gasteiger partial charge on any atom is 0.0931 e. The van der Waals surface area contributed by atoms with Gasteiger partial charge in [0.25, 0.3) is 0 Å². The van der Waals surface area contributed by atoms with E-state index in [4.69, 9.17) is 11.5 Å². The highest BCUT2D eigenvalue weighted by Crippen LogP contribution is 2.20. The van der Waals surface area contributed by atoms with Crippen LogP contribution >= 0.6 is 0 Å². The van der Waals surface area contributed by atoms with Gasteiger partial charge in [-0.05, 0) is 37.5 Å². The predicted molar refractivity (Wildman–Crippen MR) is 65.9 cm³/mol. The van der Waals surface area contributed by atoms with Gasteiger partial charge >= 0.3 is 0 Å². The zero-order valence-corrected chi connectivity index (χ0v) is 9.48. The molecule has 0 radical (unpaired) electrons. The second kappa shape index (κ2) is 4.63. The van der Waals surface area contributed by atoms with Crippen molar-refractivity contribution in [1.29, 1.82) is 0 Å². The summed E-state index contributed by atoms with van der Waals surface area (Å²) in [7, 11) is 0. The van der Waals surface area contributed by atoms with E-state index < -0.39 is 0 Å². The number of H-pyrrole nitrogens is 1. The summed E-state index contributed by atoms with van der Waals surface area (Å²) in [6, 6.07) is 6.36. The molecule has 1 aromatic heterocycles. The smallest absolute Gasteiger partial charge is 0.0931 e. The summed E-state index contributed by atoms with van der Waals surface area (Å²) in [4.78, 5) is 7.27. The van der Waals surface area contributed by atoms with Crippen LogP contribution in [0.15, 0.2) is 24.5 Å². The highest BCUT2D eigenvalue weighted by molar-refractivity contribution is 5.75. The number of nitrogens with one attached hydrogen (secondary N) is 1. The van der Waals surface area contributed by atoms with Crippen molar-refractivity contribution in [2.75, 3.05) is 0 Å². The van der Waals surface area contributed by atoms with Crippen LogP contribution in [0.2, 0.25) is 0 Å². The number of fused-ring (bicyclic) bond motifs is 1. The van der Waals surface area contributed by atoms with Crippen molar-refractivity contribution >= 4 is 11.0 Å². The van der Waals surface area contributed by atoms with E-state index in [0.29, 0.717) is 0 Å². The second-order valence-corrected chi connectivity index (χ2v) is 4.34. The first kappa shape index (κ1) is 11.1. The van der Waals surface area contributed by atoms with Gasteiger partial charge in [0, 0.05) is 12.1 Å². The number of aromatic amines is 1. The number of benzene rings is 1. The molecule has 2 aromatic rings. The Kier molecular flexibility index (Phi) is 3.22. The quantitative estimate of drug-likeness (QED) is 0.730. The first-order valence-electron chi connectivity index (χ1n) is 5.61. The largest absolute Gasteiger partial charge is 0.345 e. The lowest BCUT2D eigenvalue weighted by Crippen LogP contribution is -2.18. The van der Waals surface area contributed by atoms with Gasteiger partial charge in [0.1, 0.15) is 0 Å². The zero-order valence-electron chi connectivity index (χ0n) is 9.48. The molecule has 0 aliphatic rings. The van der Waals surface area contributed by atoms with Gasteiger partial charge in [-0.15, -0.1) is 0 Å². The number of nitrogens with two attached hydrogens (primary N) is 2. The Labute approximate surface area is 95.0 Å². The molecule has 4 heteroatoms. The Morgan fingerprint density at radius 1 is 1.31 bits per heavy atom. The SMILES string of the molecule is CC(N)CCC(N)c1ccc2nc[nH]c2c1. The minimum absolute atomic E-state index is 0.0544. The van der Waals surface area contributed by atoms with Gasteiger partial charge in [-0.25, -0.2) is 4.98 Å². The fourth-order valence-corrected chi connectivity index (χ4v) is 1.79. The number of aromatic nitrogens is 2. The zero-order chi connectivity index (χ0) is 11.5. The van der Waals surface area contributed by atoms with E-state index in [-0.39, 0.29) is 12.1 Å². The first-order valence-corrected chi connectivity index (χ1v) is 5.61. The Hall–Kier alpha value is -1.39. The number of hydrogen-bond acceptors (Lipinski definition) is 3. The second-order valence-electron chi connectivity index (χ2n) is 4.34. The molecule has 0 aliphatic carbocycles. The van der Waals surface area contributed by atoms with Gasteiger partial charge in [0.15, 0.2) is 0 Å². The summed E-state index contributed by atoms with van der Waals surface area (Å²) in [5.41, 5.74) is 15.0. The standard InChI is InChI=1S/C12H18N4/c1-8(13)2-4-10(14)9-3-5-11-12(6-9)16-7-15-11/h3,5-8,10H,2,4,13-14H2,1H3,(H,15,16). The van der Waals surface area contributed by atoms with Crippen LogP contribution in [0.1, 0.15) is 31.4 Å². The van der Waals surface area contributed by atoms with Crippen molar-refractivity contribution in [3.8, 4) is 0 Å². The summed E-state index contributed by atoms with van der Waals surface area (Å²) in [5.74, 6) is 0. The van der Waals surface area contributed by atoms with Crippen LogP contribution in [0.5, 0.6) is 0 Å². The molecular formula is C12H18N4. The summed E-state index contributed by atoms with van der Waals surface area (Å²) in [6.07, 6.45) is 3.56. The third-order valence-electron chi connectivity index (χ3n) is 2.81. The molecule has 4 nitrogen and oxygen atoms in total. The summed E-state index contributed by atoms with van der Waals surface area (Å²) in [5, 5.41) is 0. The Balaban J connectivity index is 2.12. The van der Waals surface area contributed by atoms with Crippen molar-refractivity contribution in [1.82, 2.24) is 9.97 Å². The van der Waals surface area contributed by atoms with E-state index in [1.165, 1.54) is 0 Å². The highest BCUT2D eigenvalue weighted by atomic mass is 14.9. The molecule has 2 rings (SSSR count). The van der Waals surface area contributed by atoms with Gasteiger partial charge in [-0.1, -0.05) is 6.07 Å². The number of hydrogen-bond donors (Lipinski definition) is 3. The van der Waals surface area contributed by atoms with Crippen LogP contribution in [0, 0.1) is 0 Å². The molecule has 0 bridgehead atoms. The molecule has 0 amide bonds. The van der Waals surface area contributed by atoms with Crippen molar-refractivity contribution in [2.45, 2.75) is 31.8 Å². The van der Waals surface area contributed by atoms with Crippen LogP contribution < -0.4 is 11.5 Å². The number of rotatable bonds is 4. The van der Waals surface area contributed by atoms with E-state index >= 15 is 0 Å². The van der Waals surface area contributed by atoms with Gasteiger partial charge in [0.2, 0.25) is 0 Å². The fraction of sp³-hybridized carbons (Fsp3) is 0.417. The third kappa shape index (κ3) is 2.40. The van der Waals surface area contributed by atoms with E-state index in [1.807, 2.05) is 19.1 Å². The summed E-state index contributed by atoms with van der Waals surface area (Å²) >= 11 is 0. The average Bonchev–Trinajstić information content (AvgIpc) is 2.72. The molecule has 2 atom stereocenters. The molecule has 0 fully saturated rings. The topological polar surface area (TPSA) is 80.7 Å². The summed E-state index contributed by atoms with van der Waals surface area (Å²) < 4.78 is 0. The third-order valence-corrected chi connectivity index (χ3v) is 2.81. The fourth-order valence-electron chi connectivity index (χ4n) is 1.79. The molecule has 0 spiro atoms. The number of imidazole rings is 1. The minimum atomic E-state index is 0.0544. The Bertz CT molecular complexity index is 461. The van der Waals surface area contributed by atoms with Gasteiger partial charge in [0.05, 0.1) is 17.4 Å². The van der Waals surface area contributed by atoms with E-state index in [1.54, 1.807) is 6.33 Å². The first-order chi connectivity index (χ1) is 7.66. The highest BCUT2D eigenvalue weighted by Gasteiger charge is 2.08. The van der Waals surface area contributed by atoms with Crippen LogP contribution in [0.4, 0.5) is 0 Å². The van der Waals surface area contributed by atoms with E-state index in [0.717, 1.165) is 29.4 Å². The van der Waals surface area contributed by atoms with E-state index in [2.05, 4.69) is 16.0 Å². The molecule has 5 N–H and O–H groups in total. The lowest BCUT2D eigenvalue weighted by Gasteiger charge is -2.13. The predicted octanol–water partition coefficient (Wildman–Crippen LogP) is 1.69. The van der Waals surface area contributed by atoms with Crippen LogP contribution in [-0.4, -0.2) is 16.0 Å². The Morgan fingerprint density at radius 3 is 2.88 bits per heavy atom. The maximum atomic E-state index is 6.11.